The highest BCUT2D eigenvalue weighted by atomic mass is 16.5. The predicted molar refractivity (Wildman–Crippen MR) is 138 cm³/mol. The standard InChI is InChI=1S/C27H26N6O2/c1-5-15-11-18-19(12-16(15)6-2)29-26(28-18)25-17-9-7-8-10-22(17)33(32-25)27-30-20-13-23(34-3)24(35-4)14-21(20)31-27/h7-14H,5-6H2,1-4H3,(H,28,29)(H,30,31). The molecule has 0 unspecified atom stereocenters. The fourth-order valence-electron chi connectivity index (χ4n) is 4.74. The van der Waals surface area contributed by atoms with Crippen molar-refractivity contribution in [2.24, 2.45) is 0 Å². The van der Waals surface area contributed by atoms with Crippen LogP contribution in [0.3, 0.4) is 0 Å². The highest BCUT2D eigenvalue weighted by Crippen LogP contribution is 2.33. The van der Waals surface area contributed by atoms with Gasteiger partial charge in [0.05, 0.1) is 41.8 Å². The summed E-state index contributed by atoms with van der Waals surface area (Å²) in [6, 6.07) is 16.2. The van der Waals surface area contributed by atoms with Crippen LogP contribution in [0, 0.1) is 0 Å². The molecule has 3 heterocycles. The van der Waals surface area contributed by atoms with E-state index in [0.717, 1.165) is 57.3 Å². The number of methoxy groups -OCH3 is 2. The monoisotopic (exact) mass is 466 g/mol. The molecule has 35 heavy (non-hydrogen) atoms. The first-order valence-corrected chi connectivity index (χ1v) is 11.7. The van der Waals surface area contributed by atoms with Crippen LogP contribution in [-0.4, -0.2) is 43.9 Å². The molecule has 0 radical (unpaired) electrons. The first kappa shape index (κ1) is 21.2. The zero-order valence-corrected chi connectivity index (χ0v) is 20.1. The van der Waals surface area contributed by atoms with Crippen LogP contribution in [0.5, 0.6) is 11.5 Å². The van der Waals surface area contributed by atoms with Gasteiger partial charge in [0, 0.05) is 17.5 Å². The minimum absolute atomic E-state index is 0.607. The van der Waals surface area contributed by atoms with Crippen LogP contribution < -0.4 is 9.47 Å². The number of nitrogens with zero attached hydrogens (tertiary/aromatic N) is 4. The second-order valence-corrected chi connectivity index (χ2v) is 8.49. The summed E-state index contributed by atoms with van der Waals surface area (Å²) in [6.45, 7) is 4.37. The number of aromatic amines is 2. The minimum atomic E-state index is 0.607. The van der Waals surface area contributed by atoms with Crippen LogP contribution in [0.15, 0.2) is 48.5 Å². The normalized spacial score (nSPS) is 11.7. The predicted octanol–water partition coefficient (Wildman–Crippen LogP) is 5.59. The van der Waals surface area contributed by atoms with Gasteiger partial charge in [0.1, 0.15) is 5.69 Å². The van der Waals surface area contributed by atoms with Gasteiger partial charge in [0.25, 0.3) is 0 Å². The number of benzene rings is 3. The van der Waals surface area contributed by atoms with E-state index in [-0.39, 0.29) is 0 Å². The molecule has 0 amide bonds. The smallest absolute Gasteiger partial charge is 0.229 e. The number of hydrogen-bond donors (Lipinski definition) is 2. The van der Waals surface area contributed by atoms with Gasteiger partial charge in [-0.2, -0.15) is 9.78 Å². The topological polar surface area (TPSA) is 93.6 Å². The van der Waals surface area contributed by atoms with Crippen LogP contribution in [0.2, 0.25) is 0 Å². The number of para-hydroxylation sites is 1. The van der Waals surface area contributed by atoms with Gasteiger partial charge in [-0.25, -0.2) is 9.97 Å². The summed E-state index contributed by atoms with van der Waals surface area (Å²) >= 11 is 0. The fourth-order valence-corrected chi connectivity index (χ4v) is 4.74. The van der Waals surface area contributed by atoms with Crippen molar-refractivity contribution in [3.63, 3.8) is 0 Å². The second-order valence-electron chi connectivity index (χ2n) is 8.49. The van der Waals surface area contributed by atoms with Crippen molar-refractivity contribution in [3.05, 3.63) is 59.7 Å². The molecule has 0 spiro atoms. The Morgan fingerprint density at radius 3 is 2.26 bits per heavy atom. The number of aryl methyl sites for hydroxylation is 2. The van der Waals surface area contributed by atoms with E-state index in [4.69, 9.17) is 24.5 Å². The number of hydrogen-bond acceptors (Lipinski definition) is 5. The van der Waals surface area contributed by atoms with Crippen molar-refractivity contribution in [1.82, 2.24) is 29.7 Å². The third kappa shape index (κ3) is 3.32. The zero-order valence-electron chi connectivity index (χ0n) is 20.1. The molecule has 3 aromatic carbocycles. The molecule has 176 valence electrons. The van der Waals surface area contributed by atoms with Gasteiger partial charge in [-0.15, -0.1) is 0 Å². The van der Waals surface area contributed by atoms with E-state index in [1.807, 2.05) is 35.0 Å². The molecule has 0 fully saturated rings. The third-order valence-corrected chi connectivity index (χ3v) is 6.55. The summed E-state index contributed by atoms with van der Waals surface area (Å²) in [5.74, 6) is 2.62. The Bertz CT molecular complexity index is 1500. The number of aromatic nitrogens is 6. The lowest BCUT2D eigenvalue weighted by Gasteiger charge is -2.06. The van der Waals surface area contributed by atoms with Crippen molar-refractivity contribution in [2.45, 2.75) is 26.7 Å². The lowest BCUT2D eigenvalue weighted by molar-refractivity contribution is 0.356. The van der Waals surface area contributed by atoms with E-state index in [2.05, 4.69) is 42.0 Å². The van der Waals surface area contributed by atoms with Gasteiger partial charge in [-0.1, -0.05) is 32.0 Å². The molecule has 3 aromatic heterocycles. The largest absolute Gasteiger partial charge is 0.493 e. The summed E-state index contributed by atoms with van der Waals surface area (Å²) in [5.41, 5.74) is 7.97. The van der Waals surface area contributed by atoms with Crippen molar-refractivity contribution >= 4 is 33.0 Å². The maximum absolute atomic E-state index is 5.45. The number of fused-ring (bicyclic) bond motifs is 3. The lowest BCUT2D eigenvalue weighted by Crippen LogP contribution is -1.98. The molecule has 0 aliphatic carbocycles. The van der Waals surface area contributed by atoms with Crippen molar-refractivity contribution in [3.8, 4) is 29.0 Å². The summed E-state index contributed by atoms with van der Waals surface area (Å²) in [6.07, 6.45) is 1.98. The van der Waals surface area contributed by atoms with Gasteiger partial charge in [0.2, 0.25) is 5.95 Å². The molecule has 0 bridgehead atoms. The highest BCUT2D eigenvalue weighted by Gasteiger charge is 2.19. The molecule has 0 aliphatic heterocycles. The average Bonchev–Trinajstić information content (AvgIpc) is 3.60. The van der Waals surface area contributed by atoms with Gasteiger partial charge in [-0.3, -0.25) is 0 Å². The molecule has 2 N–H and O–H groups in total. The minimum Gasteiger partial charge on any atom is -0.493 e. The molecule has 8 heteroatoms. The van der Waals surface area contributed by atoms with E-state index in [1.54, 1.807) is 14.2 Å². The van der Waals surface area contributed by atoms with Crippen LogP contribution >= 0.6 is 0 Å². The summed E-state index contributed by atoms with van der Waals surface area (Å²) in [4.78, 5) is 16.6. The van der Waals surface area contributed by atoms with E-state index in [9.17, 15) is 0 Å². The highest BCUT2D eigenvalue weighted by molar-refractivity contribution is 5.94. The Labute approximate surface area is 201 Å². The van der Waals surface area contributed by atoms with Crippen LogP contribution in [0.1, 0.15) is 25.0 Å². The zero-order chi connectivity index (χ0) is 24.1. The first-order valence-electron chi connectivity index (χ1n) is 11.7. The van der Waals surface area contributed by atoms with Gasteiger partial charge in [-0.05, 0) is 42.2 Å². The molecular weight excluding hydrogens is 440 g/mol. The Morgan fingerprint density at radius 2 is 1.49 bits per heavy atom. The summed E-state index contributed by atoms with van der Waals surface area (Å²) in [7, 11) is 3.24. The van der Waals surface area contributed by atoms with E-state index in [1.165, 1.54) is 11.1 Å². The van der Waals surface area contributed by atoms with Gasteiger partial charge in [0.15, 0.2) is 17.3 Å². The Balaban J connectivity index is 1.53. The molecule has 0 aliphatic rings. The molecule has 6 rings (SSSR count). The van der Waals surface area contributed by atoms with Crippen molar-refractivity contribution in [2.75, 3.05) is 14.2 Å². The lowest BCUT2D eigenvalue weighted by atomic mass is 10.0. The van der Waals surface area contributed by atoms with Crippen molar-refractivity contribution < 1.29 is 9.47 Å². The average molecular weight is 467 g/mol. The molecule has 0 saturated heterocycles. The van der Waals surface area contributed by atoms with E-state index < -0.39 is 0 Å². The number of nitrogens with one attached hydrogen (secondary N) is 2. The maximum atomic E-state index is 5.45. The van der Waals surface area contributed by atoms with Crippen LogP contribution in [0.25, 0.3) is 50.4 Å². The quantitative estimate of drug-likeness (QED) is 0.334. The number of imidazole rings is 2. The first-order chi connectivity index (χ1) is 17.1. The van der Waals surface area contributed by atoms with Crippen LogP contribution in [-0.2, 0) is 12.8 Å². The summed E-state index contributed by atoms with van der Waals surface area (Å²) in [5, 5.41) is 5.95. The Morgan fingerprint density at radius 1 is 0.800 bits per heavy atom. The SMILES string of the molecule is CCc1cc2nc(-c3nn(-c4nc5cc(OC)c(OC)cc5[nH]4)c4ccccc34)[nH]c2cc1CC. The van der Waals surface area contributed by atoms with Gasteiger partial charge < -0.3 is 19.4 Å². The fraction of sp³-hybridized carbons (Fsp3) is 0.222. The molecule has 0 saturated carbocycles. The van der Waals surface area contributed by atoms with E-state index >= 15 is 0 Å². The Kier molecular flexibility index (Phi) is 4.95. The number of rotatable bonds is 6. The Hall–Kier alpha value is -4.33. The maximum Gasteiger partial charge on any atom is 0.229 e. The summed E-state index contributed by atoms with van der Waals surface area (Å²) < 4.78 is 12.7. The molecule has 0 atom stereocenters. The van der Waals surface area contributed by atoms with E-state index in [0.29, 0.717) is 17.4 Å². The number of ether oxygens (including phenoxy) is 2. The van der Waals surface area contributed by atoms with Crippen molar-refractivity contribution in [1.29, 1.82) is 0 Å². The molecule has 8 nitrogen and oxygen atoms in total. The number of H-pyrrole nitrogens is 2. The molecule has 6 aromatic rings. The van der Waals surface area contributed by atoms with Gasteiger partial charge >= 0.3 is 0 Å². The van der Waals surface area contributed by atoms with Crippen LogP contribution in [0.4, 0.5) is 0 Å². The third-order valence-electron chi connectivity index (χ3n) is 6.55. The molecular formula is C27H26N6O2. The second kappa shape index (κ2) is 8.16.